The molecule has 0 amide bonds. The summed E-state index contributed by atoms with van der Waals surface area (Å²) in [5.74, 6) is 0. The van der Waals surface area contributed by atoms with Crippen LogP contribution in [0.4, 0.5) is 0 Å². The molecule has 2 saturated heterocycles. The minimum Gasteiger partial charge on any atom is -0.328 e. The molecule has 1 saturated carbocycles. The minimum absolute atomic E-state index is 0.489. The smallest absolute Gasteiger partial charge is 0.0113 e. The van der Waals surface area contributed by atoms with Gasteiger partial charge in [-0.1, -0.05) is 13.3 Å². The molecule has 2 unspecified atom stereocenters. The third-order valence-electron chi connectivity index (χ3n) is 5.39. The molecule has 3 fully saturated rings. The Kier molecular flexibility index (Phi) is 2.75. The first-order valence-corrected chi connectivity index (χ1v) is 7.24. The van der Waals surface area contributed by atoms with E-state index in [2.05, 4.69) is 11.8 Å². The van der Waals surface area contributed by atoms with E-state index < -0.39 is 0 Å². The Morgan fingerprint density at radius 1 is 1.19 bits per heavy atom. The van der Waals surface area contributed by atoms with Crippen molar-refractivity contribution in [2.75, 3.05) is 6.54 Å². The van der Waals surface area contributed by atoms with Crippen LogP contribution in [0.15, 0.2) is 0 Å². The first-order chi connectivity index (χ1) is 7.72. The fourth-order valence-corrected chi connectivity index (χ4v) is 3.97. The van der Waals surface area contributed by atoms with Gasteiger partial charge in [-0.25, -0.2) is 0 Å². The Hall–Kier alpha value is -0.0800. The highest BCUT2D eigenvalue weighted by Gasteiger charge is 2.46. The lowest BCUT2D eigenvalue weighted by Gasteiger charge is -2.49. The molecule has 3 rings (SSSR count). The molecule has 3 aliphatic rings. The fourth-order valence-electron chi connectivity index (χ4n) is 3.97. The molecule has 0 spiro atoms. The van der Waals surface area contributed by atoms with E-state index >= 15 is 0 Å². The quantitative estimate of drug-likeness (QED) is 0.795. The van der Waals surface area contributed by atoms with Gasteiger partial charge in [0.1, 0.15) is 0 Å². The first-order valence-electron chi connectivity index (χ1n) is 7.24. The highest BCUT2D eigenvalue weighted by Crippen LogP contribution is 2.51. The van der Waals surface area contributed by atoms with Gasteiger partial charge in [-0.3, -0.25) is 4.90 Å². The van der Waals surface area contributed by atoms with Crippen LogP contribution in [0.25, 0.3) is 0 Å². The molecule has 0 aromatic carbocycles. The van der Waals surface area contributed by atoms with Crippen LogP contribution < -0.4 is 5.73 Å². The number of piperidine rings is 2. The van der Waals surface area contributed by atoms with Crippen molar-refractivity contribution >= 4 is 0 Å². The first kappa shape index (κ1) is 11.0. The number of fused-ring (bicyclic) bond motifs is 2. The summed E-state index contributed by atoms with van der Waals surface area (Å²) in [6.45, 7) is 3.75. The molecule has 2 bridgehead atoms. The molecule has 2 heterocycles. The molecule has 0 aromatic heterocycles. The maximum absolute atomic E-state index is 6.17. The summed E-state index contributed by atoms with van der Waals surface area (Å²) in [4.78, 5) is 2.85. The second-order valence-electron chi connectivity index (χ2n) is 6.50. The van der Waals surface area contributed by atoms with E-state index in [9.17, 15) is 0 Å². The maximum atomic E-state index is 6.17. The highest BCUT2D eigenvalue weighted by atomic mass is 15.2. The Labute approximate surface area is 99.6 Å². The Balaban J connectivity index is 1.69. The standard InChI is InChI=1S/C14H26N2/c1-2-14(6-7-14)10-16-12-4-3-5-13(16)9-11(15)8-12/h11-13H,2-10,15H2,1H3. The van der Waals surface area contributed by atoms with Crippen molar-refractivity contribution in [3.05, 3.63) is 0 Å². The van der Waals surface area contributed by atoms with Crippen LogP contribution in [0.3, 0.4) is 0 Å². The molecule has 16 heavy (non-hydrogen) atoms. The topological polar surface area (TPSA) is 29.3 Å². The summed E-state index contributed by atoms with van der Waals surface area (Å²) in [6, 6.07) is 2.14. The monoisotopic (exact) mass is 222 g/mol. The van der Waals surface area contributed by atoms with Crippen LogP contribution in [-0.2, 0) is 0 Å². The molecule has 2 nitrogen and oxygen atoms in total. The van der Waals surface area contributed by atoms with E-state index in [1.165, 1.54) is 57.9 Å². The molecule has 2 heteroatoms. The third kappa shape index (κ3) is 1.91. The van der Waals surface area contributed by atoms with Crippen LogP contribution in [0, 0.1) is 5.41 Å². The van der Waals surface area contributed by atoms with Gasteiger partial charge < -0.3 is 5.73 Å². The van der Waals surface area contributed by atoms with E-state index in [0.29, 0.717) is 6.04 Å². The number of nitrogens with zero attached hydrogens (tertiary/aromatic N) is 1. The molecule has 2 aliphatic heterocycles. The molecule has 2 N–H and O–H groups in total. The predicted molar refractivity (Wildman–Crippen MR) is 67.3 cm³/mol. The highest BCUT2D eigenvalue weighted by molar-refractivity contribution is 5.01. The zero-order valence-electron chi connectivity index (χ0n) is 10.6. The number of hydrogen-bond acceptors (Lipinski definition) is 2. The second-order valence-corrected chi connectivity index (χ2v) is 6.50. The summed E-state index contributed by atoms with van der Waals surface area (Å²) in [7, 11) is 0. The van der Waals surface area contributed by atoms with Crippen molar-refractivity contribution < 1.29 is 0 Å². The van der Waals surface area contributed by atoms with Gasteiger partial charge >= 0.3 is 0 Å². The Morgan fingerprint density at radius 3 is 2.31 bits per heavy atom. The average Bonchev–Trinajstić information content (AvgIpc) is 3.00. The van der Waals surface area contributed by atoms with Gasteiger partial charge in [-0.05, 0) is 50.4 Å². The third-order valence-corrected chi connectivity index (χ3v) is 5.39. The van der Waals surface area contributed by atoms with Crippen LogP contribution in [0.1, 0.15) is 58.3 Å². The number of hydrogen-bond donors (Lipinski definition) is 1. The van der Waals surface area contributed by atoms with Crippen LogP contribution in [0.5, 0.6) is 0 Å². The van der Waals surface area contributed by atoms with Gasteiger partial charge in [-0.2, -0.15) is 0 Å². The Morgan fingerprint density at radius 2 is 1.81 bits per heavy atom. The van der Waals surface area contributed by atoms with Crippen LogP contribution >= 0.6 is 0 Å². The van der Waals surface area contributed by atoms with E-state index in [1.807, 2.05) is 0 Å². The lowest BCUT2D eigenvalue weighted by Crippen LogP contribution is -2.56. The van der Waals surface area contributed by atoms with Crippen molar-refractivity contribution in [2.24, 2.45) is 11.1 Å². The van der Waals surface area contributed by atoms with Crippen molar-refractivity contribution in [1.82, 2.24) is 4.90 Å². The molecule has 1 aliphatic carbocycles. The zero-order chi connectivity index (χ0) is 11.2. The number of rotatable bonds is 3. The van der Waals surface area contributed by atoms with Crippen molar-refractivity contribution in [1.29, 1.82) is 0 Å². The van der Waals surface area contributed by atoms with E-state index in [0.717, 1.165) is 17.5 Å². The number of nitrogens with two attached hydrogens (primary N) is 1. The molecule has 0 radical (unpaired) electrons. The van der Waals surface area contributed by atoms with Gasteiger partial charge in [0.25, 0.3) is 0 Å². The summed E-state index contributed by atoms with van der Waals surface area (Å²) in [5, 5.41) is 0. The molecule has 2 atom stereocenters. The van der Waals surface area contributed by atoms with Gasteiger partial charge in [0, 0.05) is 24.7 Å². The Bertz CT molecular complexity index is 245. The predicted octanol–water partition coefficient (Wildman–Crippen LogP) is 2.52. The van der Waals surface area contributed by atoms with E-state index in [-0.39, 0.29) is 0 Å². The minimum atomic E-state index is 0.489. The van der Waals surface area contributed by atoms with E-state index in [1.54, 1.807) is 0 Å². The van der Waals surface area contributed by atoms with Crippen molar-refractivity contribution in [3.63, 3.8) is 0 Å². The van der Waals surface area contributed by atoms with Crippen LogP contribution in [0.2, 0.25) is 0 Å². The van der Waals surface area contributed by atoms with Gasteiger partial charge in [0.05, 0.1) is 0 Å². The van der Waals surface area contributed by atoms with Crippen LogP contribution in [-0.4, -0.2) is 29.6 Å². The van der Waals surface area contributed by atoms with E-state index in [4.69, 9.17) is 5.73 Å². The van der Waals surface area contributed by atoms with Gasteiger partial charge in [-0.15, -0.1) is 0 Å². The van der Waals surface area contributed by atoms with Crippen molar-refractivity contribution in [2.45, 2.75) is 76.4 Å². The molecule has 92 valence electrons. The van der Waals surface area contributed by atoms with Crippen molar-refractivity contribution in [3.8, 4) is 0 Å². The SMILES string of the molecule is CCC1(CN2C3CCCC2CC(N)C3)CC1. The fraction of sp³-hybridized carbons (Fsp3) is 1.00. The normalized spacial score (nSPS) is 42.0. The summed E-state index contributed by atoms with van der Waals surface area (Å²) in [6.07, 6.45) is 11.1. The lowest BCUT2D eigenvalue weighted by atomic mass is 9.81. The van der Waals surface area contributed by atoms with Gasteiger partial charge in [0.15, 0.2) is 0 Å². The van der Waals surface area contributed by atoms with Gasteiger partial charge in [0.2, 0.25) is 0 Å². The summed E-state index contributed by atoms with van der Waals surface area (Å²) >= 11 is 0. The lowest BCUT2D eigenvalue weighted by molar-refractivity contribution is 0.0140. The maximum Gasteiger partial charge on any atom is 0.0113 e. The summed E-state index contributed by atoms with van der Waals surface area (Å²) < 4.78 is 0. The zero-order valence-corrected chi connectivity index (χ0v) is 10.6. The molecular weight excluding hydrogens is 196 g/mol. The molecular formula is C14H26N2. The molecule has 0 aromatic rings. The second kappa shape index (κ2) is 3.99. The average molecular weight is 222 g/mol. The summed E-state index contributed by atoms with van der Waals surface area (Å²) in [5.41, 5.74) is 6.89. The largest absolute Gasteiger partial charge is 0.328 e.